The molecule has 0 spiro atoms. The molecule has 1 aromatic heterocycles. The lowest BCUT2D eigenvalue weighted by Gasteiger charge is -2.18. The van der Waals surface area contributed by atoms with Crippen LogP contribution in [0.15, 0.2) is 67.0 Å². The van der Waals surface area contributed by atoms with Gasteiger partial charge in [-0.25, -0.2) is 0 Å². The molecule has 6 heteroatoms. The van der Waals surface area contributed by atoms with E-state index in [0.717, 1.165) is 83.6 Å². The molecular weight excluding hydrogens is 443 g/mol. The number of aryl methyl sites for hydroxylation is 1. The highest BCUT2D eigenvalue weighted by atomic mass is 19.1. The summed E-state index contributed by atoms with van der Waals surface area (Å²) in [6.07, 6.45) is 7.46. The Bertz CT molecular complexity index is 1190. The molecule has 182 valence electrons. The van der Waals surface area contributed by atoms with Gasteiger partial charge in [-0.15, -0.1) is 0 Å². The minimum Gasteiger partial charge on any atom is -0.619 e. The Balaban J connectivity index is 1.46. The van der Waals surface area contributed by atoms with Crippen LogP contribution in [-0.2, 0) is 6.42 Å². The van der Waals surface area contributed by atoms with Gasteiger partial charge in [-0.2, -0.15) is 4.73 Å². The summed E-state index contributed by atoms with van der Waals surface area (Å²) in [5.41, 5.74) is 6.68. The molecule has 1 aliphatic carbocycles. The highest BCUT2D eigenvalue weighted by Crippen LogP contribution is 2.40. The first-order valence-electron chi connectivity index (χ1n) is 12.4. The van der Waals surface area contributed by atoms with Crippen LogP contribution in [-0.4, -0.2) is 42.4 Å². The van der Waals surface area contributed by atoms with Crippen molar-refractivity contribution < 1.29 is 19.0 Å². The zero-order valence-electron chi connectivity index (χ0n) is 19.8. The maximum Gasteiger partial charge on any atom is 0.180 e. The molecule has 5 nitrogen and oxygen atoms in total. The van der Waals surface area contributed by atoms with Crippen LogP contribution in [0.25, 0.3) is 11.1 Å². The molecule has 0 saturated carbocycles. The molecule has 0 radical (unpaired) electrons. The number of fused-ring (bicyclic) bond motifs is 1. The van der Waals surface area contributed by atoms with Gasteiger partial charge >= 0.3 is 0 Å². The fourth-order valence-corrected chi connectivity index (χ4v) is 5.28. The van der Waals surface area contributed by atoms with Crippen molar-refractivity contribution in [2.75, 3.05) is 26.3 Å². The normalized spacial score (nSPS) is 18.4. The summed E-state index contributed by atoms with van der Waals surface area (Å²) in [5, 5.41) is 21.7. The lowest BCUT2D eigenvalue weighted by molar-refractivity contribution is -0.605. The minimum atomic E-state index is -0.274. The zero-order valence-corrected chi connectivity index (χ0v) is 19.8. The van der Waals surface area contributed by atoms with Crippen molar-refractivity contribution in [3.63, 3.8) is 0 Å². The quantitative estimate of drug-likeness (QED) is 0.381. The molecule has 2 aromatic carbocycles. The Morgan fingerprint density at radius 1 is 1.03 bits per heavy atom. The van der Waals surface area contributed by atoms with Crippen molar-refractivity contribution >= 4 is 11.1 Å². The van der Waals surface area contributed by atoms with E-state index in [9.17, 15) is 14.7 Å². The Kier molecular flexibility index (Phi) is 7.00. The Morgan fingerprint density at radius 3 is 2.60 bits per heavy atom. The second-order valence-corrected chi connectivity index (χ2v) is 9.39. The van der Waals surface area contributed by atoms with E-state index in [4.69, 9.17) is 4.74 Å². The molecule has 0 bridgehead atoms. The van der Waals surface area contributed by atoms with Gasteiger partial charge < -0.3 is 15.1 Å². The monoisotopic (exact) mass is 474 g/mol. The van der Waals surface area contributed by atoms with Gasteiger partial charge in [-0.1, -0.05) is 18.2 Å². The number of likely N-dealkylation sites (tertiary alicyclic amines) is 1. The van der Waals surface area contributed by atoms with E-state index in [1.54, 1.807) is 6.07 Å². The average molecular weight is 475 g/mol. The largest absolute Gasteiger partial charge is 0.619 e. The lowest BCUT2D eigenvalue weighted by Crippen LogP contribution is -2.26. The summed E-state index contributed by atoms with van der Waals surface area (Å²) in [6.45, 7) is 2.29. The number of hydrogen-bond acceptors (Lipinski definition) is 4. The average Bonchev–Trinajstić information content (AvgIpc) is 3.22. The third kappa shape index (κ3) is 5.33. The SMILES string of the molecule is [O-][n+]1ccc(C2=C(c3ccc(O[C@H]4CCN(CCCF)C4)cc3)c3ccc(O)cc3CCC2)cc1. The van der Waals surface area contributed by atoms with E-state index in [0.29, 0.717) is 6.42 Å². The van der Waals surface area contributed by atoms with Gasteiger partial charge in [0.15, 0.2) is 12.4 Å². The number of ether oxygens (including phenoxy) is 1. The van der Waals surface area contributed by atoms with Gasteiger partial charge in [0, 0.05) is 31.8 Å². The molecule has 0 amide bonds. The molecule has 1 N–H and O–H groups in total. The number of halogens is 1. The van der Waals surface area contributed by atoms with Gasteiger partial charge in [0.25, 0.3) is 0 Å². The first-order valence-corrected chi connectivity index (χ1v) is 12.4. The molecule has 1 fully saturated rings. The van der Waals surface area contributed by atoms with Crippen molar-refractivity contribution in [3.05, 3.63) is 94.5 Å². The number of benzene rings is 2. The molecule has 2 heterocycles. The molecule has 1 atom stereocenters. The van der Waals surface area contributed by atoms with E-state index in [2.05, 4.69) is 17.0 Å². The maximum absolute atomic E-state index is 12.5. The number of hydrogen-bond donors (Lipinski definition) is 1. The molecule has 0 unspecified atom stereocenters. The van der Waals surface area contributed by atoms with Crippen LogP contribution >= 0.6 is 0 Å². The van der Waals surface area contributed by atoms with Gasteiger partial charge in [0.2, 0.25) is 0 Å². The first-order chi connectivity index (χ1) is 17.1. The standard InChI is InChI=1S/C29H31FN2O3/c30-14-2-15-31-16-13-26(20-31)35-25-8-5-22(6-9-25)29-27(21-11-17-32(34)18-12-21)4-1-3-23-19-24(33)7-10-28(23)29/h5-12,17-19,26,33H,1-4,13-16,20H2/t26-/m0/s1. The fourth-order valence-electron chi connectivity index (χ4n) is 5.28. The number of alkyl halides is 1. The Hall–Kier alpha value is -3.38. The Labute approximate surface area is 205 Å². The predicted octanol–water partition coefficient (Wildman–Crippen LogP) is 5.13. The highest BCUT2D eigenvalue weighted by molar-refractivity contribution is 5.99. The summed E-state index contributed by atoms with van der Waals surface area (Å²) < 4.78 is 19.5. The number of nitrogens with zero attached hydrogens (tertiary/aromatic N) is 2. The van der Waals surface area contributed by atoms with Crippen LogP contribution in [0.2, 0.25) is 0 Å². The van der Waals surface area contributed by atoms with Crippen LogP contribution in [0.4, 0.5) is 4.39 Å². The third-order valence-corrected chi connectivity index (χ3v) is 6.97. The van der Waals surface area contributed by atoms with Crippen molar-refractivity contribution in [3.8, 4) is 11.5 Å². The third-order valence-electron chi connectivity index (χ3n) is 6.97. The van der Waals surface area contributed by atoms with Crippen molar-refractivity contribution in [2.45, 2.75) is 38.2 Å². The summed E-state index contributed by atoms with van der Waals surface area (Å²) >= 11 is 0. The number of phenolic OH excluding ortho intramolecular Hbond substituents is 1. The number of pyridine rings is 1. The minimum absolute atomic E-state index is 0.125. The highest BCUT2D eigenvalue weighted by Gasteiger charge is 2.24. The Morgan fingerprint density at radius 2 is 1.83 bits per heavy atom. The molecule has 1 aliphatic heterocycles. The van der Waals surface area contributed by atoms with Crippen LogP contribution < -0.4 is 9.47 Å². The smallest absolute Gasteiger partial charge is 0.180 e. The van der Waals surface area contributed by atoms with E-state index in [-0.39, 0.29) is 18.5 Å². The van der Waals surface area contributed by atoms with Crippen molar-refractivity contribution in [2.24, 2.45) is 0 Å². The molecule has 3 aromatic rings. The maximum atomic E-state index is 12.5. The van der Waals surface area contributed by atoms with Crippen LogP contribution in [0.3, 0.4) is 0 Å². The summed E-state index contributed by atoms with van der Waals surface area (Å²) in [7, 11) is 0. The van der Waals surface area contributed by atoms with Gasteiger partial charge in [0.1, 0.15) is 17.6 Å². The second kappa shape index (κ2) is 10.5. The number of allylic oxidation sites excluding steroid dienone is 1. The van der Waals surface area contributed by atoms with Crippen LogP contribution in [0.1, 0.15) is 47.9 Å². The van der Waals surface area contributed by atoms with Crippen LogP contribution in [0.5, 0.6) is 11.5 Å². The summed E-state index contributed by atoms with van der Waals surface area (Å²) in [5.74, 6) is 1.11. The lowest BCUT2D eigenvalue weighted by atomic mass is 9.88. The topological polar surface area (TPSA) is 59.6 Å². The van der Waals surface area contributed by atoms with E-state index in [1.807, 2.05) is 36.4 Å². The predicted molar refractivity (Wildman–Crippen MR) is 135 cm³/mol. The first kappa shape index (κ1) is 23.4. The van der Waals surface area contributed by atoms with E-state index in [1.165, 1.54) is 18.0 Å². The molecule has 35 heavy (non-hydrogen) atoms. The molecule has 1 saturated heterocycles. The summed E-state index contributed by atoms with van der Waals surface area (Å²) in [4.78, 5) is 2.26. The van der Waals surface area contributed by atoms with Gasteiger partial charge in [-0.3, -0.25) is 9.29 Å². The number of phenols is 1. The number of rotatable bonds is 7. The number of aromatic hydroxyl groups is 1. The molecule has 2 aliphatic rings. The zero-order chi connectivity index (χ0) is 24.2. The fraction of sp³-hybridized carbons (Fsp3) is 0.345. The van der Waals surface area contributed by atoms with Crippen molar-refractivity contribution in [1.82, 2.24) is 4.90 Å². The van der Waals surface area contributed by atoms with Gasteiger partial charge in [-0.05, 0) is 89.8 Å². The van der Waals surface area contributed by atoms with E-state index >= 15 is 0 Å². The number of aromatic nitrogens is 1. The molecule has 5 rings (SSSR count). The van der Waals surface area contributed by atoms with Crippen molar-refractivity contribution in [1.29, 1.82) is 0 Å². The summed E-state index contributed by atoms with van der Waals surface area (Å²) in [6, 6.07) is 17.6. The van der Waals surface area contributed by atoms with E-state index < -0.39 is 0 Å². The second-order valence-electron chi connectivity index (χ2n) is 9.39. The molecular formula is C29H31FN2O3. The van der Waals surface area contributed by atoms with Crippen LogP contribution in [0, 0.1) is 5.21 Å². The van der Waals surface area contributed by atoms with Gasteiger partial charge in [0.05, 0.1) is 6.67 Å².